The number of carbonyl (C=O) groups is 1. The van der Waals surface area contributed by atoms with Gasteiger partial charge in [-0.1, -0.05) is 0 Å². The summed E-state index contributed by atoms with van der Waals surface area (Å²) < 4.78 is 0. The molecule has 1 aliphatic heterocycles. The van der Waals surface area contributed by atoms with E-state index in [1.54, 1.807) is 6.07 Å². The largest absolute Gasteiger partial charge is 0.399 e. The highest BCUT2D eigenvalue weighted by Crippen LogP contribution is 2.24. The molecule has 1 heterocycles. The highest BCUT2D eigenvalue weighted by Gasteiger charge is 2.28. The number of carbonyl (C=O) groups excluding carboxylic acids is 1. The van der Waals surface area contributed by atoms with Gasteiger partial charge < -0.3 is 20.4 Å². The highest BCUT2D eigenvalue weighted by molar-refractivity contribution is 6.01. The van der Waals surface area contributed by atoms with Gasteiger partial charge in [0.25, 0.3) is 5.91 Å². The molecule has 2 rings (SSSR count). The summed E-state index contributed by atoms with van der Waals surface area (Å²) in [6.07, 6.45) is 0. The average Bonchev–Trinajstić information content (AvgIpc) is 2.37. The molecule has 0 spiro atoms. The van der Waals surface area contributed by atoms with Crippen molar-refractivity contribution in [2.75, 3.05) is 51.4 Å². The summed E-state index contributed by atoms with van der Waals surface area (Å²) in [5.74, 6) is 0.0709. The number of amides is 1. The van der Waals surface area contributed by atoms with Gasteiger partial charge in [0.2, 0.25) is 0 Å². The first-order valence-electron chi connectivity index (χ1n) is 6.96. The number of nitrogens with two attached hydrogens (primary N) is 1. The van der Waals surface area contributed by atoms with Crippen molar-refractivity contribution in [1.82, 2.24) is 9.80 Å². The van der Waals surface area contributed by atoms with Gasteiger partial charge in [-0.3, -0.25) is 4.79 Å². The molecule has 1 saturated heterocycles. The quantitative estimate of drug-likeness (QED) is 0.822. The predicted molar refractivity (Wildman–Crippen MR) is 83.2 cm³/mol. The van der Waals surface area contributed by atoms with Crippen LogP contribution in [0.1, 0.15) is 17.3 Å². The van der Waals surface area contributed by atoms with Crippen LogP contribution in [0.4, 0.5) is 11.4 Å². The minimum Gasteiger partial charge on any atom is -0.399 e. The van der Waals surface area contributed by atoms with Gasteiger partial charge in [-0.2, -0.15) is 0 Å². The Labute approximate surface area is 120 Å². The highest BCUT2D eigenvalue weighted by atomic mass is 16.2. The van der Waals surface area contributed by atoms with E-state index >= 15 is 0 Å². The maximum Gasteiger partial charge on any atom is 0.256 e. The summed E-state index contributed by atoms with van der Waals surface area (Å²) in [4.78, 5) is 19.0. The molecule has 20 heavy (non-hydrogen) atoms. The lowest BCUT2D eigenvalue weighted by Gasteiger charge is -2.38. The monoisotopic (exact) mass is 276 g/mol. The minimum absolute atomic E-state index is 0.0709. The first kappa shape index (κ1) is 14.7. The van der Waals surface area contributed by atoms with E-state index in [-0.39, 0.29) is 11.9 Å². The number of likely N-dealkylation sites (N-methyl/N-ethyl adjacent to an activating group) is 1. The number of nitrogens with zero attached hydrogens (tertiary/aromatic N) is 3. The standard InChI is InChI=1S/C15H24N4O/c1-11-10-18(4)7-8-19(11)15(20)13-9-12(16)5-6-14(13)17(2)3/h5-6,9,11H,7-8,10,16H2,1-4H3. The van der Waals surface area contributed by atoms with E-state index in [1.165, 1.54) is 0 Å². The number of hydrogen-bond donors (Lipinski definition) is 1. The summed E-state index contributed by atoms with van der Waals surface area (Å²) in [7, 11) is 5.97. The first-order chi connectivity index (χ1) is 9.40. The Morgan fingerprint density at radius 2 is 2.05 bits per heavy atom. The number of hydrogen-bond acceptors (Lipinski definition) is 4. The molecule has 0 saturated carbocycles. The number of rotatable bonds is 2. The molecular weight excluding hydrogens is 252 g/mol. The molecule has 1 atom stereocenters. The van der Waals surface area contributed by atoms with E-state index < -0.39 is 0 Å². The van der Waals surface area contributed by atoms with Crippen LogP contribution in [-0.2, 0) is 0 Å². The average molecular weight is 276 g/mol. The summed E-state index contributed by atoms with van der Waals surface area (Å²) in [6, 6.07) is 5.74. The third-order valence-corrected chi connectivity index (χ3v) is 3.82. The fraction of sp³-hybridized carbons (Fsp3) is 0.533. The lowest BCUT2D eigenvalue weighted by molar-refractivity contribution is 0.0534. The second kappa shape index (κ2) is 5.71. The van der Waals surface area contributed by atoms with Gasteiger partial charge in [0.05, 0.1) is 5.56 Å². The number of anilines is 2. The molecule has 0 bridgehead atoms. The minimum atomic E-state index is 0.0709. The Morgan fingerprint density at radius 3 is 2.65 bits per heavy atom. The van der Waals surface area contributed by atoms with E-state index in [0.29, 0.717) is 11.3 Å². The molecule has 1 aliphatic rings. The van der Waals surface area contributed by atoms with Crippen molar-refractivity contribution in [3.8, 4) is 0 Å². The van der Waals surface area contributed by atoms with Crippen LogP contribution in [0, 0.1) is 0 Å². The van der Waals surface area contributed by atoms with E-state index in [1.807, 2.05) is 36.0 Å². The van der Waals surface area contributed by atoms with Crippen LogP contribution in [-0.4, -0.2) is 62.5 Å². The number of nitrogen functional groups attached to an aromatic ring is 1. The van der Waals surface area contributed by atoms with Gasteiger partial charge >= 0.3 is 0 Å². The maximum atomic E-state index is 12.8. The molecule has 1 aromatic rings. The van der Waals surface area contributed by atoms with Crippen molar-refractivity contribution in [2.24, 2.45) is 0 Å². The van der Waals surface area contributed by atoms with Crippen LogP contribution in [0.2, 0.25) is 0 Å². The third-order valence-electron chi connectivity index (χ3n) is 3.82. The zero-order valence-electron chi connectivity index (χ0n) is 12.8. The van der Waals surface area contributed by atoms with Crippen molar-refractivity contribution in [3.05, 3.63) is 23.8 Å². The first-order valence-corrected chi connectivity index (χ1v) is 6.96. The van der Waals surface area contributed by atoms with Crippen molar-refractivity contribution >= 4 is 17.3 Å². The Balaban J connectivity index is 2.31. The van der Waals surface area contributed by atoms with E-state index in [9.17, 15) is 4.79 Å². The molecule has 0 aromatic heterocycles. The number of benzene rings is 1. The topological polar surface area (TPSA) is 52.8 Å². The SMILES string of the molecule is CC1CN(C)CCN1C(=O)c1cc(N)ccc1N(C)C. The lowest BCUT2D eigenvalue weighted by atomic mass is 10.1. The fourth-order valence-electron chi connectivity index (χ4n) is 2.71. The maximum absolute atomic E-state index is 12.8. The van der Waals surface area contributed by atoms with E-state index in [2.05, 4.69) is 18.9 Å². The van der Waals surface area contributed by atoms with Gasteiger partial charge in [-0.05, 0) is 32.2 Å². The van der Waals surface area contributed by atoms with Gasteiger partial charge in [0.1, 0.15) is 0 Å². The van der Waals surface area contributed by atoms with Crippen LogP contribution >= 0.6 is 0 Å². The van der Waals surface area contributed by atoms with Gasteiger partial charge in [-0.15, -0.1) is 0 Å². The Hall–Kier alpha value is -1.75. The summed E-state index contributed by atoms with van der Waals surface area (Å²) in [5, 5.41) is 0. The molecule has 0 aliphatic carbocycles. The molecule has 5 heteroatoms. The second-order valence-electron chi connectivity index (χ2n) is 5.78. The van der Waals surface area contributed by atoms with E-state index in [0.717, 1.165) is 25.3 Å². The molecule has 5 nitrogen and oxygen atoms in total. The summed E-state index contributed by atoms with van der Waals surface area (Å²) in [5.41, 5.74) is 8.08. The second-order valence-corrected chi connectivity index (χ2v) is 5.78. The van der Waals surface area contributed by atoms with Crippen LogP contribution in [0.15, 0.2) is 18.2 Å². The molecule has 1 fully saturated rings. The zero-order chi connectivity index (χ0) is 14.9. The summed E-state index contributed by atoms with van der Waals surface area (Å²) >= 11 is 0. The van der Waals surface area contributed by atoms with Gasteiger partial charge in [0, 0.05) is 51.1 Å². The molecule has 110 valence electrons. The number of piperazine rings is 1. The van der Waals surface area contributed by atoms with Crippen molar-refractivity contribution < 1.29 is 4.79 Å². The van der Waals surface area contributed by atoms with Crippen molar-refractivity contribution in [2.45, 2.75) is 13.0 Å². The van der Waals surface area contributed by atoms with Crippen LogP contribution in [0.25, 0.3) is 0 Å². The Kier molecular flexibility index (Phi) is 4.18. The molecule has 1 unspecified atom stereocenters. The normalized spacial score (nSPS) is 20.0. The molecule has 0 radical (unpaired) electrons. The Bertz CT molecular complexity index is 501. The smallest absolute Gasteiger partial charge is 0.256 e. The molecule has 1 aromatic carbocycles. The molecule has 1 amide bonds. The van der Waals surface area contributed by atoms with Crippen molar-refractivity contribution in [3.63, 3.8) is 0 Å². The lowest BCUT2D eigenvalue weighted by Crippen LogP contribution is -2.52. The predicted octanol–water partition coefficient (Wildman–Crippen LogP) is 1.11. The third kappa shape index (κ3) is 2.88. The van der Waals surface area contributed by atoms with E-state index in [4.69, 9.17) is 5.73 Å². The van der Waals surface area contributed by atoms with Crippen LogP contribution < -0.4 is 10.6 Å². The van der Waals surface area contributed by atoms with Crippen molar-refractivity contribution in [1.29, 1.82) is 0 Å². The van der Waals surface area contributed by atoms with Crippen LogP contribution in [0.5, 0.6) is 0 Å². The van der Waals surface area contributed by atoms with Gasteiger partial charge in [0.15, 0.2) is 0 Å². The zero-order valence-corrected chi connectivity index (χ0v) is 12.8. The van der Waals surface area contributed by atoms with Crippen LogP contribution in [0.3, 0.4) is 0 Å². The molecular formula is C15H24N4O. The van der Waals surface area contributed by atoms with Gasteiger partial charge in [-0.25, -0.2) is 0 Å². The fourth-order valence-corrected chi connectivity index (χ4v) is 2.71. The summed E-state index contributed by atoms with van der Waals surface area (Å²) in [6.45, 7) is 4.68. The Morgan fingerprint density at radius 1 is 1.35 bits per heavy atom. The molecule has 2 N–H and O–H groups in total.